The lowest BCUT2D eigenvalue weighted by Gasteiger charge is -2.26. The van der Waals surface area contributed by atoms with Crippen LogP contribution in [0.15, 0.2) is 29.2 Å². The van der Waals surface area contributed by atoms with Crippen molar-refractivity contribution >= 4 is 11.8 Å². The lowest BCUT2D eigenvalue weighted by atomic mass is 10.2. The fourth-order valence-corrected chi connectivity index (χ4v) is 4.19. The minimum Gasteiger partial charge on any atom is -0.379 e. The average Bonchev–Trinajstić information content (AvgIpc) is 2.84. The number of hydrogen-bond donors (Lipinski definition) is 0. The minimum absolute atomic E-state index is 0.517. The first kappa shape index (κ1) is 14.2. The Morgan fingerprint density at radius 3 is 2.91 bits per heavy atom. The summed E-state index contributed by atoms with van der Waals surface area (Å²) in [4.78, 5) is 3.71. The molecule has 1 aromatic heterocycles. The molecule has 2 aliphatic rings. The number of benzene rings is 1. The maximum absolute atomic E-state index is 5.43. The van der Waals surface area contributed by atoms with E-state index < -0.39 is 0 Å². The van der Waals surface area contributed by atoms with E-state index in [2.05, 4.69) is 50.9 Å². The van der Waals surface area contributed by atoms with Crippen LogP contribution in [0.25, 0.3) is 5.69 Å². The molecule has 6 heteroatoms. The van der Waals surface area contributed by atoms with Gasteiger partial charge in [0.15, 0.2) is 5.82 Å². The topological polar surface area (TPSA) is 43.2 Å². The Morgan fingerprint density at radius 2 is 2.05 bits per heavy atom. The Morgan fingerprint density at radius 1 is 1.23 bits per heavy atom. The third-order valence-corrected chi connectivity index (χ3v) is 5.34. The molecule has 5 nitrogen and oxygen atoms in total. The van der Waals surface area contributed by atoms with Gasteiger partial charge in [-0.1, -0.05) is 19.1 Å². The summed E-state index contributed by atoms with van der Waals surface area (Å²) in [5.74, 6) is 2.12. The van der Waals surface area contributed by atoms with Crippen molar-refractivity contribution in [3.63, 3.8) is 0 Å². The number of thioether (sulfide) groups is 1. The molecular formula is C16H20N4OS. The van der Waals surface area contributed by atoms with E-state index >= 15 is 0 Å². The zero-order chi connectivity index (χ0) is 14.9. The third-order valence-electron chi connectivity index (χ3n) is 4.17. The molecule has 2 aromatic rings. The summed E-state index contributed by atoms with van der Waals surface area (Å²) in [5, 5.41) is 9.48. The van der Waals surface area contributed by atoms with E-state index in [1.807, 2.05) is 11.8 Å². The van der Waals surface area contributed by atoms with Crippen molar-refractivity contribution in [2.75, 3.05) is 26.3 Å². The monoisotopic (exact) mass is 316 g/mol. The summed E-state index contributed by atoms with van der Waals surface area (Å²) in [6, 6.07) is 8.58. The summed E-state index contributed by atoms with van der Waals surface area (Å²) < 4.78 is 7.70. The maximum Gasteiger partial charge on any atom is 0.151 e. The van der Waals surface area contributed by atoms with Crippen LogP contribution >= 0.6 is 11.8 Å². The van der Waals surface area contributed by atoms with Crippen LogP contribution in [-0.2, 0) is 17.7 Å². The molecule has 1 atom stereocenters. The molecule has 1 fully saturated rings. The van der Waals surface area contributed by atoms with Crippen molar-refractivity contribution in [3.8, 4) is 5.69 Å². The summed E-state index contributed by atoms with van der Waals surface area (Å²) in [6.07, 6.45) is 0.954. The molecule has 3 heterocycles. The first-order chi connectivity index (χ1) is 10.8. The van der Waals surface area contributed by atoms with Crippen LogP contribution in [-0.4, -0.2) is 51.2 Å². The number of hydrogen-bond acceptors (Lipinski definition) is 5. The average molecular weight is 316 g/mol. The van der Waals surface area contributed by atoms with Crippen LogP contribution in [0.5, 0.6) is 0 Å². The van der Waals surface area contributed by atoms with Crippen LogP contribution in [0.2, 0.25) is 0 Å². The minimum atomic E-state index is 0.517. The van der Waals surface area contributed by atoms with Gasteiger partial charge in [-0.3, -0.25) is 9.47 Å². The van der Waals surface area contributed by atoms with E-state index in [-0.39, 0.29) is 0 Å². The van der Waals surface area contributed by atoms with Gasteiger partial charge in [-0.15, -0.1) is 22.0 Å². The molecule has 22 heavy (non-hydrogen) atoms. The molecule has 0 bridgehead atoms. The highest BCUT2D eigenvalue weighted by atomic mass is 32.2. The Labute approximate surface area is 134 Å². The fraction of sp³-hybridized carbons (Fsp3) is 0.500. The first-order valence-electron chi connectivity index (χ1n) is 7.80. The number of morpholine rings is 1. The third kappa shape index (κ3) is 2.66. The number of rotatable bonds is 2. The highest BCUT2D eigenvalue weighted by Crippen LogP contribution is 2.35. The van der Waals surface area contributed by atoms with Gasteiger partial charge in [-0.05, 0) is 12.1 Å². The van der Waals surface area contributed by atoms with E-state index in [1.54, 1.807) is 0 Å². The molecule has 4 rings (SSSR count). The lowest BCUT2D eigenvalue weighted by Crippen LogP contribution is -2.36. The number of para-hydroxylation sites is 1. The van der Waals surface area contributed by atoms with Gasteiger partial charge < -0.3 is 4.74 Å². The van der Waals surface area contributed by atoms with Gasteiger partial charge >= 0.3 is 0 Å². The Kier molecular flexibility index (Phi) is 3.90. The van der Waals surface area contributed by atoms with E-state index in [0.717, 1.165) is 50.9 Å². The van der Waals surface area contributed by atoms with Crippen molar-refractivity contribution in [3.05, 3.63) is 35.9 Å². The summed E-state index contributed by atoms with van der Waals surface area (Å²) in [7, 11) is 0. The standard InChI is InChI=1S/C16H20N4OS/c1-12-10-15-17-18-16(11-19-6-8-21-9-7-19)20(15)13-4-2-3-5-14(13)22-12/h2-5,12H,6-11H2,1H3. The highest BCUT2D eigenvalue weighted by molar-refractivity contribution is 8.00. The number of nitrogens with zero attached hydrogens (tertiary/aromatic N) is 4. The molecule has 0 amide bonds. The van der Waals surface area contributed by atoms with Gasteiger partial charge in [0.1, 0.15) is 5.82 Å². The molecule has 1 aromatic carbocycles. The highest BCUT2D eigenvalue weighted by Gasteiger charge is 2.24. The molecule has 1 unspecified atom stereocenters. The van der Waals surface area contributed by atoms with Gasteiger partial charge in [0.25, 0.3) is 0 Å². The molecule has 0 N–H and O–H groups in total. The van der Waals surface area contributed by atoms with Crippen molar-refractivity contribution in [1.29, 1.82) is 0 Å². The zero-order valence-corrected chi connectivity index (χ0v) is 13.6. The molecule has 0 radical (unpaired) electrons. The molecule has 116 valence electrons. The van der Waals surface area contributed by atoms with Gasteiger partial charge in [-0.25, -0.2) is 0 Å². The smallest absolute Gasteiger partial charge is 0.151 e. The zero-order valence-electron chi connectivity index (χ0n) is 12.7. The van der Waals surface area contributed by atoms with E-state index in [4.69, 9.17) is 4.74 Å². The molecule has 1 saturated heterocycles. The van der Waals surface area contributed by atoms with E-state index in [9.17, 15) is 0 Å². The summed E-state index contributed by atoms with van der Waals surface area (Å²) >= 11 is 1.93. The summed E-state index contributed by atoms with van der Waals surface area (Å²) in [6.45, 7) is 6.65. The van der Waals surface area contributed by atoms with Crippen LogP contribution < -0.4 is 0 Å². The van der Waals surface area contributed by atoms with Crippen molar-refractivity contribution in [1.82, 2.24) is 19.7 Å². The molecule has 0 saturated carbocycles. The molecular weight excluding hydrogens is 296 g/mol. The van der Waals surface area contributed by atoms with E-state index in [0.29, 0.717) is 5.25 Å². The first-order valence-corrected chi connectivity index (χ1v) is 8.68. The van der Waals surface area contributed by atoms with Gasteiger partial charge in [0.05, 0.1) is 25.4 Å². The largest absolute Gasteiger partial charge is 0.379 e. The van der Waals surface area contributed by atoms with Crippen LogP contribution in [0.4, 0.5) is 0 Å². The number of ether oxygens (including phenoxy) is 1. The number of aromatic nitrogens is 3. The van der Waals surface area contributed by atoms with Crippen molar-refractivity contribution in [2.45, 2.75) is 30.0 Å². The normalized spacial score (nSPS) is 22.0. The number of fused-ring (bicyclic) bond motifs is 3. The molecule has 0 spiro atoms. The Bertz CT molecular complexity index is 666. The SMILES string of the molecule is CC1Cc2nnc(CN3CCOCC3)n2-c2ccccc2S1. The predicted octanol–water partition coefficient (Wildman–Crippen LogP) is 2.14. The fourth-order valence-electron chi connectivity index (χ4n) is 3.08. The van der Waals surface area contributed by atoms with Crippen LogP contribution in [0.3, 0.4) is 0 Å². The van der Waals surface area contributed by atoms with Crippen LogP contribution in [0.1, 0.15) is 18.6 Å². The predicted molar refractivity (Wildman–Crippen MR) is 86.5 cm³/mol. The second-order valence-electron chi connectivity index (χ2n) is 5.86. The second-order valence-corrected chi connectivity index (χ2v) is 7.34. The summed E-state index contributed by atoms with van der Waals surface area (Å²) in [5.41, 5.74) is 1.22. The molecule has 0 aliphatic carbocycles. The van der Waals surface area contributed by atoms with Crippen molar-refractivity contribution in [2.24, 2.45) is 0 Å². The van der Waals surface area contributed by atoms with Gasteiger partial charge in [-0.2, -0.15) is 0 Å². The quantitative estimate of drug-likeness (QED) is 0.849. The maximum atomic E-state index is 5.43. The van der Waals surface area contributed by atoms with Gasteiger partial charge in [0.2, 0.25) is 0 Å². The second kappa shape index (κ2) is 6.02. The Hall–Kier alpha value is -1.37. The van der Waals surface area contributed by atoms with Crippen LogP contribution in [0, 0.1) is 0 Å². The Balaban J connectivity index is 1.72. The van der Waals surface area contributed by atoms with E-state index in [1.165, 1.54) is 10.6 Å². The lowest BCUT2D eigenvalue weighted by molar-refractivity contribution is 0.0328. The molecule has 2 aliphatic heterocycles. The van der Waals surface area contributed by atoms with Gasteiger partial charge in [0, 0.05) is 29.7 Å². The van der Waals surface area contributed by atoms with Crippen molar-refractivity contribution < 1.29 is 4.74 Å².